The lowest BCUT2D eigenvalue weighted by Crippen LogP contribution is -2.31. The third-order valence-corrected chi connectivity index (χ3v) is 5.21. The Bertz CT molecular complexity index is 909. The van der Waals surface area contributed by atoms with Gasteiger partial charge in [0.25, 0.3) is 0 Å². The van der Waals surface area contributed by atoms with Gasteiger partial charge in [-0.3, -0.25) is 9.59 Å². The number of nitrogens with one attached hydrogen (secondary N) is 1. The van der Waals surface area contributed by atoms with E-state index in [1.807, 2.05) is 73.7 Å². The summed E-state index contributed by atoms with van der Waals surface area (Å²) < 4.78 is 5.40. The van der Waals surface area contributed by atoms with Crippen LogP contribution in [0.3, 0.4) is 0 Å². The molecule has 2 amide bonds. The van der Waals surface area contributed by atoms with Gasteiger partial charge in [0.1, 0.15) is 5.76 Å². The Hall–Kier alpha value is -2.99. The fraction of sp³-hybridized carbons (Fsp3) is 0.217. The molecule has 1 heterocycles. The van der Waals surface area contributed by atoms with E-state index in [0.29, 0.717) is 13.1 Å². The Kier molecular flexibility index (Phi) is 7.53. The Labute approximate surface area is 175 Å². The summed E-state index contributed by atoms with van der Waals surface area (Å²) in [6.07, 6.45) is 1.60. The first-order valence-corrected chi connectivity index (χ1v) is 10.5. The van der Waals surface area contributed by atoms with Gasteiger partial charge in [-0.25, -0.2) is 0 Å². The zero-order chi connectivity index (χ0) is 20.5. The molecule has 2 aromatic carbocycles. The Morgan fingerprint density at radius 3 is 2.38 bits per heavy atom. The zero-order valence-electron chi connectivity index (χ0n) is 16.3. The predicted molar refractivity (Wildman–Crippen MR) is 117 cm³/mol. The first-order valence-electron chi connectivity index (χ1n) is 9.38. The van der Waals surface area contributed by atoms with Gasteiger partial charge >= 0.3 is 0 Å². The monoisotopic (exact) mass is 408 g/mol. The minimum absolute atomic E-state index is 0.0293. The molecule has 0 atom stereocenters. The molecule has 0 bridgehead atoms. The molecule has 150 valence electrons. The summed E-state index contributed by atoms with van der Waals surface area (Å²) in [5.74, 6) is 1.04. The number of carbonyl (C=O) groups excluding carboxylic acids is 2. The molecule has 1 N–H and O–H groups in total. The van der Waals surface area contributed by atoms with Crippen LogP contribution < -0.4 is 5.32 Å². The molecule has 0 aliphatic carbocycles. The topological polar surface area (TPSA) is 62.6 Å². The maximum atomic E-state index is 12.8. The number of benzene rings is 2. The first kappa shape index (κ1) is 20.7. The molecule has 1 aromatic heterocycles. The summed E-state index contributed by atoms with van der Waals surface area (Å²) in [5.41, 5.74) is 2.95. The number of hydrogen-bond acceptors (Lipinski definition) is 4. The minimum Gasteiger partial charge on any atom is -0.467 e. The molecule has 29 heavy (non-hydrogen) atoms. The van der Waals surface area contributed by atoms with Crippen molar-refractivity contribution >= 4 is 29.3 Å². The van der Waals surface area contributed by atoms with E-state index in [9.17, 15) is 9.59 Å². The van der Waals surface area contributed by atoms with Gasteiger partial charge in [-0.15, -0.1) is 11.8 Å². The van der Waals surface area contributed by atoms with Gasteiger partial charge in [0.2, 0.25) is 11.8 Å². The maximum absolute atomic E-state index is 12.8. The number of thioether (sulfide) groups is 1. The van der Waals surface area contributed by atoms with Gasteiger partial charge < -0.3 is 14.6 Å². The van der Waals surface area contributed by atoms with E-state index in [1.165, 1.54) is 11.8 Å². The molecule has 0 aliphatic heterocycles. The van der Waals surface area contributed by atoms with Crippen LogP contribution in [0.4, 0.5) is 5.69 Å². The van der Waals surface area contributed by atoms with E-state index >= 15 is 0 Å². The van der Waals surface area contributed by atoms with Crippen LogP contribution in [-0.4, -0.2) is 28.2 Å². The molecule has 5 nitrogen and oxygen atoms in total. The van der Waals surface area contributed by atoms with E-state index in [-0.39, 0.29) is 23.3 Å². The Morgan fingerprint density at radius 2 is 1.69 bits per heavy atom. The molecule has 0 saturated carbocycles. The Balaban J connectivity index is 1.52. The number of amides is 2. The van der Waals surface area contributed by atoms with Crippen LogP contribution in [0, 0.1) is 6.92 Å². The van der Waals surface area contributed by atoms with Crippen molar-refractivity contribution in [3.63, 3.8) is 0 Å². The summed E-state index contributed by atoms with van der Waals surface area (Å²) in [5, 5.41) is 2.85. The van der Waals surface area contributed by atoms with Crippen LogP contribution >= 0.6 is 11.8 Å². The lowest BCUT2D eigenvalue weighted by atomic mass is 10.2. The lowest BCUT2D eigenvalue weighted by Gasteiger charge is -2.22. The number of hydrogen-bond donors (Lipinski definition) is 1. The number of anilines is 1. The standard InChI is InChI=1S/C23H24N2O3S/c1-18-9-11-20(12-10-18)24-22(26)16-29-17-23(27)25(15-21-8-5-13-28-21)14-19-6-3-2-4-7-19/h2-13H,14-17H2,1H3,(H,24,26). The maximum Gasteiger partial charge on any atom is 0.234 e. The number of rotatable bonds is 9. The fourth-order valence-corrected chi connectivity index (χ4v) is 3.50. The van der Waals surface area contributed by atoms with Crippen molar-refractivity contribution in [2.75, 3.05) is 16.8 Å². The number of carbonyl (C=O) groups is 2. The van der Waals surface area contributed by atoms with Gasteiger partial charge in [-0.1, -0.05) is 48.0 Å². The van der Waals surface area contributed by atoms with Crippen LogP contribution in [0.15, 0.2) is 77.4 Å². The lowest BCUT2D eigenvalue weighted by molar-refractivity contribution is -0.129. The second-order valence-electron chi connectivity index (χ2n) is 6.72. The van der Waals surface area contributed by atoms with E-state index < -0.39 is 0 Å². The van der Waals surface area contributed by atoms with Gasteiger partial charge in [0, 0.05) is 12.2 Å². The highest BCUT2D eigenvalue weighted by Gasteiger charge is 2.16. The van der Waals surface area contributed by atoms with Gasteiger partial charge in [-0.05, 0) is 36.8 Å². The predicted octanol–water partition coefficient (Wildman–Crippen LogP) is 4.49. The van der Waals surface area contributed by atoms with Gasteiger partial charge in [0.15, 0.2) is 0 Å². The van der Waals surface area contributed by atoms with Crippen LogP contribution in [0.5, 0.6) is 0 Å². The minimum atomic E-state index is -0.118. The van der Waals surface area contributed by atoms with E-state index in [0.717, 1.165) is 22.6 Å². The molecule has 0 aliphatic rings. The van der Waals surface area contributed by atoms with Gasteiger partial charge in [-0.2, -0.15) is 0 Å². The average Bonchev–Trinajstić information content (AvgIpc) is 3.23. The summed E-state index contributed by atoms with van der Waals surface area (Å²) in [6.45, 7) is 2.89. The molecule has 0 unspecified atom stereocenters. The third-order valence-electron chi connectivity index (χ3n) is 4.29. The quantitative estimate of drug-likeness (QED) is 0.567. The molecular formula is C23H24N2O3S. The highest BCUT2D eigenvalue weighted by Crippen LogP contribution is 2.14. The number of furan rings is 1. The van der Waals surface area contributed by atoms with E-state index in [2.05, 4.69) is 5.32 Å². The van der Waals surface area contributed by atoms with E-state index in [1.54, 1.807) is 11.2 Å². The second-order valence-corrected chi connectivity index (χ2v) is 7.71. The number of nitrogens with zero attached hydrogens (tertiary/aromatic N) is 1. The van der Waals surface area contributed by atoms with Crippen LogP contribution in [0.1, 0.15) is 16.9 Å². The molecule has 3 aromatic rings. The van der Waals surface area contributed by atoms with Gasteiger partial charge in [0.05, 0.1) is 24.3 Å². The zero-order valence-corrected chi connectivity index (χ0v) is 17.2. The summed E-state index contributed by atoms with van der Waals surface area (Å²) >= 11 is 1.31. The van der Waals surface area contributed by atoms with Crippen molar-refractivity contribution in [1.29, 1.82) is 0 Å². The highest BCUT2D eigenvalue weighted by molar-refractivity contribution is 8.00. The van der Waals surface area contributed by atoms with Crippen molar-refractivity contribution in [3.8, 4) is 0 Å². The van der Waals surface area contributed by atoms with Crippen molar-refractivity contribution < 1.29 is 14.0 Å². The molecular weight excluding hydrogens is 384 g/mol. The summed E-state index contributed by atoms with van der Waals surface area (Å²) in [7, 11) is 0. The third kappa shape index (κ3) is 6.84. The number of aryl methyl sites for hydroxylation is 1. The van der Waals surface area contributed by atoms with Crippen LogP contribution in [0.25, 0.3) is 0 Å². The van der Waals surface area contributed by atoms with Crippen LogP contribution in [-0.2, 0) is 22.7 Å². The SMILES string of the molecule is Cc1ccc(NC(=O)CSCC(=O)N(Cc2ccccc2)Cc2ccco2)cc1. The molecule has 3 rings (SSSR count). The summed E-state index contributed by atoms with van der Waals surface area (Å²) in [6, 6.07) is 21.1. The van der Waals surface area contributed by atoms with Crippen molar-refractivity contribution in [2.24, 2.45) is 0 Å². The van der Waals surface area contributed by atoms with Crippen molar-refractivity contribution in [3.05, 3.63) is 89.9 Å². The molecule has 6 heteroatoms. The fourth-order valence-electron chi connectivity index (χ4n) is 2.78. The molecule has 0 spiro atoms. The Morgan fingerprint density at radius 1 is 0.931 bits per heavy atom. The average molecular weight is 409 g/mol. The van der Waals surface area contributed by atoms with Crippen molar-refractivity contribution in [1.82, 2.24) is 4.90 Å². The smallest absolute Gasteiger partial charge is 0.234 e. The normalized spacial score (nSPS) is 10.5. The largest absolute Gasteiger partial charge is 0.467 e. The second kappa shape index (κ2) is 10.5. The van der Waals surface area contributed by atoms with E-state index in [4.69, 9.17) is 4.42 Å². The first-order chi connectivity index (χ1) is 14.1. The van der Waals surface area contributed by atoms with Crippen LogP contribution in [0.2, 0.25) is 0 Å². The highest BCUT2D eigenvalue weighted by atomic mass is 32.2. The molecule has 0 fully saturated rings. The summed E-state index contributed by atoms with van der Waals surface area (Å²) in [4.78, 5) is 26.7. The molecule has 0 radical (unpaired) electrons. The van der Waals surface area contributed by atoms with Crippen molar-refractivity contribution in [2.45, 2.75) is 20.0 Å². The molecule has 0 saturated heterocycles.